The van der Waals surface area contributed by atoms with Gasteiger partial charge in [-0.3, -0.25) is 4.98 Å². The minimum absolute atomic E-state index is 0.723. The smallest absolute Gasteiger partial charge is 0.192 e. The number of hydrogen-bond acceptors (Lipinski definition) is 5. The second-order valence-corrected chi connectivity index (χ2v) is 8.29. The van der Waals surface area contributed by atoms with Crippen LogP contribution in [-0.4, -0.2) is 15.0 Å². The van der Waals surface area contributed by atoms with Crippen molar-refractivity contribution >= 4 is 43.6 Å². The Morgan fingerprint density at radius 3 is 2.23 bits per heavy atom. The van der Waals surface area contributed by atoms with Crippen LogP contribution in [0, 0.1) is 20.8 Å². The van der Waals surface area contributed by atoms with Crippen molar-refractivity contribution in [3.05, 3.63) is 102 Å². The molecule has 0 radical (unpaired) electrons. The summed E-state index contributed by atoms with van der Waals surface area (Å²) < 4.78 is 6.53. The van der Waals surface area contributed by atoms with Gasteiger partial charge in [0.05, 0.1) is 20.7 Å². The van der Waals surface area contributed by atoms with E-state index in [1.54, 1.807) is 11.3 Å². The number of hydrogen-bond donors (Lipinski definition) is 0. The molecular weight excluding hydrogens is 402 g/mol. The lowest BCUT2D eigenvalue weighted by Gasteiger charge is -1.97. The van der Waals surface area contributed by atoms with Crippen LogP contribution < -0.4 is 0 Å². The standard InChI is InChI=1S/C10H9N.C8H7NO.C8H7NS/c1-8-4-2-5-9-6-3-7-11-10(8)9;2*1-6-9-7-4-2-3-5-8(7)10-6/h2-7H,1H3;2*2-5H,1H3. The van der Waals surface area contributed by atoms with Crippen molar-refractivity contribution in [2.75, 3.05) is 0 Å². The number of rotatable bonds is 0. The molecule has 3 aromatic carbocycles. The highest BCUT2D eigenvalue weighted by Gasteiger charge is 1.97. The molecule has 5 heteroatoms. The lowest BCUT2D eigenvalue weighted by molar-refractivity contribution is 0.561. The summed E-state index contributed by atoms with van der Waals surface area (Å²) in [6.45, 7) is 5.96. The van der Waals surface area contributed by atoms with E-state index in [2.05, 4.69) is 52.2 Å². The Hall–Kier alpha value is -3.57. The third-order valence-electron chi connectivity index (χ3n) is 4.64. The predicted octanol–water partition coefficient (Wildman–Crippen LogP) is 7.28. The van der Waals surface area contributed by atoms with Gasteiger partial charge in [-0.2, -0.15) is 0 Å². The van der Waals surface area contributed by atoms with E-state index < -0.39 is 0 Å². The Kier molecular flexibility index (Phi) is 6.34. The van der Waals surface area contributed by atoms with Gasteiger partial charge >= 0.3 is 0 Å². The second-order valence-electron chi connectivity index (χ2n) is 7.05. The predicted molar refractivity (Wildman–Crippen MR) is 130 cm³/mol. The molecule has 0 unspecified atom stereocenters. The van der Waals surface area contributed by atoms with Crippen molar-refractivity contribution in [2.45, 2.75) is 20.8 Å². The number of aryl methyl sites for hydroxylation is 3. The molecule has 0 aliphatic rings. The van der Waals surface area contributed by atoms with Crippen LogP contribution in [0.25, 0.3) is 32.2 Å². The van der Waals surface area contributed by atoms with E-state index in [0.29, 0.717) is 0 Å². The Balaban J connectivity index is 0.000000112. The van der Waals surface area contributed by atoms with Gasteiger partial charge in [0, 0.05) is 18.5 Å². The summed E-state index contributed by atoms with van der Waals surface area (Å²) in [6.07, 6.45) is 1.83. The molecule has 0 aliphatic heterocycles. The van der Waals surface area contributed by atoms with Gasteiger partial charge in [-0.1, -0.05) is 48.5 Å². The monoisotopic (exact) mass is 425 g/mol. The van der Waals surface area contributed by atoms with Crippen molar-refractivity contribution < 1.29 is 4.42 Å². The Labute approximate surface area is 185 Å². The summed E-state index contributed by atoms with van der Waals surface area (Å²) in [6, 6.07) is 26.2. The van der Waals surface area contributed by atoms with E-state index in [4.69, 9.17) is 4.42 Å². The second kappa shape index (κ2) is 9.49. The van der Waals surface area contributed by atoms with Gasteiger partial charge in [-0.15, -0.1) is 11.3 Å². The van der Waals surface area contributed by atoms with Crippen LogP contribution in [0.4, 0.5) is 0 Å². The number of pyridine rings is 1. The van der Waals surface area contributed by atoms with Gasteiger partial charge < -0.3 is 4.42 Å². The number of fused-ring (bicyclic) bond motifs is 3. The highest BCUT2D eigenvalue weighted by atomic mass is 32.1. The first-order valence-corrected chi connectivity index (χ1v) is 10.9. The zero-order valence-corrected chi connectivity index (χ0v) is 18.6. The summed E-state index contributed by atoms with van der Waals surface area (Å²) in [5.41, 5.74) is 5.25. The van der Waals surface area contributed by atoms with E-state index in [-0.39, 0.29) is 0 Å². The zero-order chi connectivity index (χ0) is 21.6. The minimum atomic E-state index is 0.723. The number of oxazole rings is 1. The lowest BCUT2D eigenvalue weighted by Crippen LogP contribution is -1.80. The van der Waals surface area contributed by atoms with Crippen LogP contribution in [0.2, 0.25) is 0 Å². The summed E-state index contributed by atoms with van der Waals surface area (Å²) in [5.74, 6) is 0.723. The third-order valence-corrected chi connectivity index (χ3v) is 5.59. The highest BCUT2D eigenvalue weighted by Crippen LogP contribution is 2.20. The summed E-state index contributed by atoms with van der Waals surface area (Å²) in [5, 5.41) is 2.36. The van der Waals surface area contributed by atoms with Crippen LogP contribution in [0.1, 0.15) is 16.5 Å². The molecule has 6 rings (SSSR count). The van der Waals surface area contributed by atoms with Gasteiger partial charge in [-0.05, 0) is 49.7 Å². The summed E-state index contributed by atoms with van der Waals surface area (Å²) in [7, 11) is 0. The molecule has 4 nitrogen and oxygen atoms in total. The molecule has 3 aromatic heterocycles. The van der Waals surface area contributed by atoms with Crippen LogP contribution in [0.3, 0.4) is 0 Å². The van der Waals surface area contributed by atoms with Gasteiger partial charge in [0.1, 0.15) is 5.52 Å². The Bertz CT molecular complexity index is 1290. The van der Waals surface area contributed by atoms with Gasteiger partial charge in [0.25, 0.3) is 0 Å². The quantitative estimate of drug-likeness (QED) is 0.256. The first kappa shape index (κ1) is 20.7. The van der Waals surface area contributed by atoms with Crippen molar-refractivity contribution in [3.63, 3.8) is 0 Å². The molecule has 0 fully saturated rings. The Morgan fingerprint density at radius 2 is 1.45 bits per heavy atom. The number of benzene rings is 3. The third kappa shape index (κ3) is 5.13. The molecule has 0 saturated carbocycles. The van der Waals surface area contributed by atoms with Crippen molar-refractivity contribution in [1.82, 2.24) is 15.0 Å². The number of nitrogens with zero attached hydrogens (tertiary/aromatic N) is 3. The summed E-state index contributed by atoms with van der Waals surface area (Å²) in [4.78, 5) is 12.8. The molecule has 0 atom stereocenters. The number of para-hydroxylation sites is 4. The molecule has 0 spiro atoms. The molecule has 31 heavy (non-hydrogen) atoms. The van der Waals surface area contributed by atoms with E-state index >= 15 is 0 Å². The fourth-order valence-corrected chi connectivity index (χ4v) is 4.06. The normalized spacial score (nSPS) is 10.4. The van der Waals surface area contributed by atoms with Crippen molar-refractivity contribution in [2.24, 2.45) is 0 Å². The maximum Gasteiger partial charge on any atom is 0.192 e. The lowest BCUT2D eigenvalue weighted by atomic mass is 10.1. The molecule has 0 saturated heterocycles. The van der Waals surface area contributed by atoms with Gasteiger partial charge in [0.2, 0.25) is 0 Å². The van der Waals surface area contributed by atoms with Gasteiger partial charge in [0.15, 0.2) is 11.5 Å². The molecule has 0 N–H and O–H groups in total. The van der Waals surface area contributed by atoms with Crippen LogP contribution >= 0.6 is 11.3 Å². The minimum Gasteiger partial charge on any atom is -0.441 e. The fourth-order valence-electron chi connectivity index (χ4n) is 3.23. The fraction of sp³-hybridized carbons (Fsp3) is 0.115. The van der Waals surface area contributed by atoms with Gasteiger partial charge in [-0.25, -0.2) is 9.97 Å². The first-order valence-electron chi connectivity index (χ1n) is 10.0. The highest BCUT2D eigenvalue weighted by molar-refractivity contribution is 7.18. The van der Waals surface area contributed by atoms with E-state index in [1.807, 2.05) is 68.6 Å². The average molecular weight is 426 g/mol. The largest absolute Gasteiger partial charge is 0.441 e. The van der Waals surface area contributed by atoms with Crippen LogP contribution in [0.15, 0.2) is 89.5 Å². The maximum absolute atomic E-state index is 5.26. The molecule has 154 valence electrons. The van der Waals surface area contributed by atoms with Crippen molar-refractivity contribution in [3.8, 4) is 0 Å². The SMILES string of the molecule is Cc1cccc2cccnc12.Cc1nc2ccccc2o1.Cc1nc2ccccc2s1. The Morgan fingerprint density at radius 1 is 0.710 bits per heavy atom. The van der Waals surface area contributed by atoms with Crippen molar-refractivity contribution in [1.29, 1.82) is 0 Å². The molecule has 0 aliphatic carbocycles. The van der Waals surface area contributed by atoms with Crippen LogP contribution in [-0.2, 0) is 0 Å². The zero-order valence-electron chi connectivity index (χ0n) is 17.7. The first-order chi connectivity index (χ1) is 15.1. The molecule has 6 aromatic rings. The molecule has 3 heterocycles. The summed E-state index contributed by atoms with van der Waals surface area (Å²) >= 11 is 1.74. The molecule has 0 bridgehead atoms. The van der Waals surface area contributed by atoms with Crippen LogP contribution in [0.5, 0.6) is 0 Å². The average Bonchev–Trinajstić information content (AvgIpc) is 3.35. The van der Waals surface area contributed by atoms with E-state index in [9.17, 15) is 0 Å². The number of aromatic nitrogens is 3. The molecular formula is C26H23N3OS. The van der Waals surface area contributed by atoms with E-state index in [0.717, 1.165) is 33.0 Å². The maximum atomic E-state index is 5.26. The number of thiazole rings is 1. The van der Waals surface area contributed by atoms with E-state index in [1.165, 1.54) is 15.6 Å². The molecule has 0 amide bonds. The topological polar surface area (TPSA) is 51.8 Å².